The second-order valence-corrected chi connectivity index (χ2v) is 10.1. The van der Waals surface area contributed by atoms with E-state index in [9.17, 15) is 14.4 Å². The molecule has 2 aromatic carbocycles. The minimum absolute atomic E-state index is 0.0836. The number of likely N-dealkylation sites (tertiary alicyclic amines) is 1. The van der Waals surface area contributed by atoms with Crippen molar-refractivity contribution in [3.63, 3.8) is 0 Å². The fourth-order valence-corrected chi connectivity index (χ4v) is 6.49. The van der Waals surface area contributed by atoms with Crippen molar-refractivity contribution < 1.29 is 19.1 Å². The minimum atomic E-state index is -0.279. The van der Waals surface area contributed by atoms with Gasteiger partial charge in [0.2, 0.25) is 11.8 Å². The number of hydrogen-bond acceptors (Lipinski definition) is 4. The molecule has 2 saturated carbocycles. The number of aryl methyl sites for hydroxylation is 1. The number of carbonyl (C=O) groups excluding carboxylic acids is 3. The Morgan fingerprint density at radius 3 is 2.29 bits per heavy atom. The molecule has 2 aromatic rings. The lowest BCUT2D eigenvalue weighted by atomic mass is 9.63. The zero-order valence-corrected chi connectivity index (χ0v) is 19.6. The highest BCUT2D eigenvalue weighted by molar-refractivity contribution is 6.10. The van der Waals surface area contributed by atoms with E-state index in [0.29, 0.717) is 28.8 Å². The zero-order valence-electron chi connectivity index (χ0n) is 19.6. The van der Waals surface area contributed by atoms with Crippen LogP contribution in [0.25, 0.3) is 0 Å². The summed E-state index contributed by atoms with van der Waals surface area (Å²) in [6.45, 7) is 3.87. The summed E-state index contributed by atoms with van der Waals surface area (Å²) >= 11 is 0. The van der Waals surface area contributed by atoms with E-state index < -0.39 is 0 Å². The number of amides is 3. The Balaban J connectivity index is 1.37. The molecule has 0 radical (unpaired) electrons. The van der Waals surface area contributed by atoms with Gasteiger partial charge in [-0.15, -0.1) is 0 Å². The number of carbonyl (C=O) groups is 3. The van der Waals surface area contributed by atoms with Crippen molar-refractivity contribution in [1.29, 1.82) is 0 Å². The van der Waals surface area contributed by atoms with Crippen LogP contribution in [-0.2, 0) is 9.59 Å². The van der Waals surface area contributed by atoms with Gasteiger partial charge in [-0.25, -0.2) is 0 Å². The summed E-state index contributed by atoms with van der Waals surface area (Å²) in [5.41, 5.74) is 3.13. The van der Waals surface area contributed by atoms with Crippen molar-refractivity contribution >= 4 is 23.4 Å². The van der Waals surface area contributed by atoms with E-state index in [1.54, 1.807) is 36.3 Å². The van der Waals surface area contributed by atoms with Gasteiger partial charge in [0.05, 0.1) is 18.9 Å². The number of hydrogen-bond donors (Lipinski definition) is 0. The highest BCUT2D eigenvalue weighted by atomic mass is 16.5. The maximum absolute atomic E-state index is 13.8. The molecule has 7 rings (SSSR count). The van der Waals surface area contributed by atoms with Gasteiger partial charge in [-0.05, 0) is 79.3 Å². The van der Waals surface area contributed by atoms with Gasteiger partial charge >= 0.3 is 0 Å². The van der Waals surface area contributed by atoms with E-state index in [1.807, 2.05) is 32.0 Å². The number of ether oxygens (including phenoxy) is 1. The summed E-state index contributed by atoms with van der Waals surface area (Å²) in [6, 6.07) is 12.7. The van der Waals surface area contributed by atoms with Gasteiger partial charge in [-0.2, -0.15) is 0 Å². The van der Waals surface area contributed by atoms with Crippen molar-refractivity contribution in [3.8, 4) is 5.75 Å². The van der Waals surface area contributed by atoms with E-state index in [0.717, 1.165) is 17.5 Å². The molecule has 2 bridgehead atoms. The lowest BCUT2D eigenvalue weighted by Crippen LogP contribution is -2.45. The second-order valence-electron chi connectivity index (χ2n) is 10.1. The van der Waals surface area contributed by atoms with Crippen LogP contribution in [0.1, 0.15) is 27.9 Å². The molecule has 0 N–H and O–H groups in total. The molecule has 6 heteroatoms. The van der Waals surface area contributed by atoms with Gasteiger partial charge in [0.1, 0.15) is 12.4 Å². The highest BCUT2D eigenvalue weighted by Gasteiger charge is 2.67. The molecule has 6 atom stereocenters. The molecule has 1 saturated heterocycles. The molecule has 1 heterocycles. The number of allylic oxidation sites excluding steroid dienone is 2. The van der Waals surface area contributed by atoms with Crippen molar-refractivity contribution in [1.82, 2.24) is 4.90 Å². The van der Waals surface area contributed by atoms with Gasteiger partial charge < -0.3 is 4.74 Å². The van der Waals surface area contributed by atoms with Gasteiger partial charge in [-0.1, -0.05) is 30.4 Å². The fraction of sp³-hybridized carbons (Fsp3) is 0.393. The van der Waals surface area contributed by atoms with Crippen LogP contribution < -0.4 is 9.64 Å². The number of benzene rings is 2. The first-order chi connectivity index (χ1) is 16.4. The molecule has 6 nitrogen and oxygen atoms in total. The Morgan fingerprint density at radius 2 is 1.65 bits per heavy atom. The molecule has 4 aliphatic carbocycles. The number of methoxy groups -OCH3 is 1. The Labute approximate surface area is 199 Å². The minimum Gasteiger partial charge on any atom is -0.497 e. The smallest absolute Gasteiger partial charge is 0.259 e. The standard InChI is InChI=1S/C28H28N2O4/c1-15-6-4-9-23(16(15)2)29(26(31)17-7-5-8-18(12-17)34-3)14-30-27(32)24-19-10-11-20(22-13-21(19)22)25(24)28(30)33/h4-12,19-22,24-25H,13-14H2,1-3H3. The average Bonchev–Trinajstić information content (AvgIpc) is 3.64. The molecule has 6 unspecified atom stereocenters. The summed E-state index contributed by atoms with van der Waals surface area (Å²) in [7, 11) is 1.56. The molecule has 174 valence electrons. The van der Waals surface area contributed by atoms with E-state index in [-0.39, 0.29) is 48.1 Å². The average molecular weight is 457 g/mol. The van der Waals surface area contributed by atoms with Crippen LogP contribution in [0.4, 0.5) is 5.69 Å². The van der Waals surface area contributed by atoms with Crippen LogP contribution in [0.15, 0.2) is 54.6 Å². The first kappa shape index (κ1) is 21.1. The Morgan fingerprint density at radius 1 is 1.00 bits per heavy atom. The maximum atomic E-state index is 13.8. The molecule has 1 aliphatic heterocycles. The third-order valence-electron chi connectivity index (χ3n) is 8.47. The summed E-state index contributed by atoms with van der Waals surface area (Å²) in [5, 5.41) is 0. The van der Waals surface area contributed by atoms with Crippen molar-refractivity contribution in [2.45, 2.75) is 20.3 Å². The van der Waals surface area contributed by atoms with E-state index in [4.69, 9.17) is 4.74 Å². The van der Waals surface area contributed by atoms with Crippen LogP contribution in [0.3, 0.4) is 0 Å². The number of anilines is 1. The molecule has 5 aliphatic rings. The van der Waals surface area contributed by atoms with Gasteiger partial charge in [0, 0.05) is 11.3 Å². The predicted octanol–water partition coefficient (Wildman–Crippen LogP) is 3.97. The fourth-order valence-electron chi connectivity index (χ4n) is 6.49. The van der Waals surface area contributed by atoms with E-state index in [1.165, 1.54) is 4.90 Å². The molecule has 3 amide bonds. The van der Waals surface area contributed by atoms with Gasteiger partial charge in [-0.3, -0.25) is 24.2 Å². The third kappa shape index (κ3) is 2.97. The van der Waals surface area contributed by atoms with Crippen LogP contribution in [-0.4, -0.2) is 36.4 Å². The third-order valence-corrected chi connectivity index (χ3v) is 8.47. The Bertz CT molecular complexity index is 1210. The highest BCUT2D eigenvalue weighted by Crippen LogP contribution is 2.65. The first-order valence-corrected chi connectivity index (χ1v) is 12.0. The summed E-state index contributed by atoms with van der Waals surface area (Å²) in [6.07, 6.45) is 5.45. The normalized spacial score (nSPS) is 30.3. The molecule has 3 fully saturated rings. The quantitative estimate of drug-likeness (QED) is 0.504. The topological polar surface area (TPSA) is 66.9 Å². The zero-order chi connectivity index (χ0) is 23.7. The number of rotatable bonds is 5. The molecular formula is C28H28N2O4. The summed E-state index contributed by atoms with van der Waals surface area (Å²) < 4.78 is 5.31. The van der Waals surface area contributed by atoms with Gasteiger partial charge in [0.15, 0.2) is 0 Å². The lowest BCUT2D eigenvalue weighted by Gasteiger charge is -2.37. The molecule has 0 spiro atoms. The monoisotopic (exact) mass is 456 g/mol. The second kappa shape index (κ2) is 7.55. The summed E-state index contributed by atoms with van der Waals surface area (Å²) in [5.74, 6) is 0.886. The predicted molar refractivity (Wildman–Crippen MR) is 127 cm³/mol. The van der Waals surface area contributed by atoms with Crippen molar-refractivity contribution in [3.05, 3.63) is 71.3 Å². The van der Waals surface area contributed by atoms with E-state index >= 15 is 0 Å². The SMILES string of the molecule is COc1cccc(C(=O)N(CN2C(=O)C3C4C=CC(C5CC45)C3C2=O)c2cccc(C)c2C)c1. The lowest BCUT2D eigenvalue weighted by molar-refractivity contribution is -0.140. The van der Waals surface area contributed by atoms with Crippen LogP contribution in [0.2, 0.25) is 0 Å². The molecular weight excluding hydrogens is 428 g/mol. The van der Waals surface area contributed by atoms with Crippen LogP contribution >= 0.6 is 0 Å². The van der Waals surface area contributed by atoms with E-state index in [2.05, 4.69) is 12.2 Å². The first-order valence-electron chi connectivity index (χ1n) is 12.0. The van der Waals surface area contributed by atoms with Crippen molar-refractivity contribution in [2.75, 3.05) is 18.7 Å². The Hall–Kier alpha value is -3.41. The van der Waals surface area contributed by atoms with Crippen LogP contribution in [0, 0.1) is 49.4 Å². The molecule has 0 aromatic heterocycles. The molecule has 34 heavy (non-hydrogen) atoms. The summed E-state index contributed by atoms with van der Waals surface area (Å²) in [4.78, 5) is 43.9. The number of imide groups is 1. The van der Waals surface area contributed by atoms with Gasteiger partial charge in [0.25, 0.3) is 5.91 Å². The largest absolute Gasteiger partial charge is 0.497 e. The Kier molecular flexibility index (Phi) is 4.70. The number of nitrogens with zero attached hydrogens (tertiary/aromatic N) is 2. The van der Waals surface area contributed by atoms with Crippen LogP contribution in [0.5, 0.6) is 5.75 Å². The van der Waals surface area contributed by atoms with Crippen molar-refractivity contribution in [2.24, 2.45) is 35.5 Å². The maximum Gasteiger partial charge on any atom is 0.259 e.